The normalized spacial score (nSPS) is 11.6. The van der Waals surface area contributed by atoms with Crippen molar-refractivity contribution in [2.45, 2.75) is 19.1 Å². The quantitative estimate of drug-likeness (QED) is 0.698. The van der Waals surface area contributed by atoms with E-state index in [0.29, 0.717) is 15.9 Å². The summed E-state index contributed by atoms with van der Waals surface area (Å²) in [4.78, 5) is 30.8. The smallest absolute Gasteiger partial charge is 0.378 e. The largest absolute Gasteiger partial charge is 0.418 e. The third-order valence-electron chi connectivity index (χ3n) is 4.13. The first-order valence-corrected chi connectivity index (χ1v) is 9.16. The molecule has 2 heterocycles. The van der Waals surface area contributed by atoms with E-state index in [-0.39, 0.29) is 24.2 Å². The molecule has 0 radical (unpaired) electrons. The molecule has 0 aliphatic rings. The molecular weight excluding hydrogens is 393 g/mol. The van der Waals surface area contributed by atoms with E-state index in [1.54, 1.807) is 30.4 Å². The van der Waals surface area contributed by atoms with Crippen LogP contribution in [0.1, 0.15) is 12.0 Å². The predicted molar refractivity (Wildman–Crippen MR) is 103 cm³/mol. The number of alkyl halides is 3. The summed E-state index contributed by atoms with van der Waals surface area (Å²) in [5.74, 6) is -0.625. The number of halogens is 3. The maximum Gasteiger partial charge on any atom is 0.418 e. The number of hydrogen-bond acceptors (Lipinski definition) is 5. The van der Waals surface area contributed by atoms with Crippen molar-refractivity contribution in [2.24, 2.45) is 0 Å². The van der Waals surface area contributed by atoms with Crippen molar-refractivity contribution in [3.8, 4) is 0 Å². The maximum absolute atomic E-state index is 13.3. The highest BCUT2D eigenvalue weighted by Crippen LogP contribution is 2.37. The molecule has 10 heteroatoms. The molecule has 0 aliphatic carbocycles. The highest BCUT2D eigenvalue weighted by molar-refractivity contribution is 7.16. The zero-order valence-electron chi connectivity index (χ0n) is 15.1. The van der Waals surface area contributed by atoms with Crippen molar-refractivity contribution in [1.29, 1.82) is 0 Å². The Morgan fingerprint density at radius 1 is 1.29 bits per heavy atom. The Bertz CT molecular complexity index is 1070. The van der Waals surface area contributed by atoms with Gasteiger partial charge < -0.3 is 10.2 Å². The second kappa shape index (κ2) is 7.63. The molecule has 1 aromatic carbocycles. The molecule has 0 bridgehead atoms. The van der Waals surface area contributed by atoms with Gasteiger partial charge in [0, 0.05) is 32.7 Å². The first-order valence-electron chi connectivity index (χ1n) is 8.28. The molecular formula is C18H17F3N4O2S. The van der Waals surface area contributed by atoms with Crippen LogP contribution in [-0.2, 0) is 17.5 Å². The molecule has 1 amide bonds. The van der Waals surface area contributed by atoms with E-state index >= 15 is 0 Å². The summed E-state index contributed by atoms with van der Waals surface area (Å²) in [6, 6.07) is 5.34. The highest BCUT2D eigenvalue weighted by atomic mass is 32.1. The van der Waals surface area contributed by atoms with Gasteiger partial charge in [0.15, 0.2) is 0 Å². The van der Waals surface area contributed by atoms with Gasteiger partial charge >= 0.3 is 6.18 Å². The van der Waals surface area contributed by atoms with Gasteiger partial charge in [0.25, 0.3) is 5.56 Å². The molecule has 0 aliphatic heterocycles. The molecule has 0 unspecified atom stereocenters. The molecule has 0 atom stereocenters. The monoisotopic (exact) mass is 410 g/mol. The van der Waals surface area contributed by atoms with Crippen molar-refractivity contribution in [3.63, 3.8) is 0 Å². The highest BCUT2D eigenvalue weighted by Gasteiger charge is 2.34. The fourth-order valence-electron chi connectivity index (χ4n) is 2.64. The first kappa shape index (κ1) is 19.9. The van der Waals surface area contributed by atoms with Gasteiger partial charge in [-0.2, -0.15) is 13.2 Å². The maximum atomic E-state index is 13.3. The molecule has 2 aromatic heterocycles. The summed E-state index contributed by atoms with van der Waals surface area (Å²) < 4.78 is 41.3. The standard InChI is InChI=1S/C18H17F3N4O2S/c1-24(2)11-3-4-14(13(9-11)18(19,20)21)23-15(26)5-7-25-10-22-16-12(17(25)27)6-8-28-16/h3-4,6,8-10H,5,7H2,1-2H3,(H,23,26). The SMILES string of the molecule is CN(C)c1ccc(NC(=O)CCn2cnc3sccc3c2=O)c(C(F)(F)F)c1. The fourth-order valence-corrected chi connectivity index (χ4v) is 3.36. The molecule has 3 aromatic rings. The second-order valence-corrected chi connectivity index (χ2v) is 7.20. The number of anilines is 2. The van der Waals surface area contributed by atoms with Crippen LogP contribution in [0.2, 0.25) is 0 Å². The van der Waals surface area contributed by atoms with E-state index in [1.165, 1.54) is 34.4 Å². The molecule has 148 valence electrons. The van der Waals surface area contributed by atoms with E-state index in [9.17, 15) is 22.8 Å². The zero-order valence-corrected chi connectivity index (χ0v) is 15.9. The molecule has 3 rings (SSSR count). The van der Waals surface area contributed by atoms with Gasteiger partial charge in [-0.05, 0) is 29.6 Å². The summed E-state index contributed by atoms with van der Waals surface area (Å²) in [5, 5.41) is 4.49. The number of nitrogens with one attached hydrogen (secondary N) is 1. The lowest BCUT2D eigenvalue weighted by Gasteiger charge is -2.18. The number of amides is 1. The van der Waals surface area contributed by atoms with Crippen molar-refractivity contribution in [1.82, 2.24) is 9.55 Å². The fraction of sp³-hybridized carbons (Fsp3) is 0.278. The van der Waals surface area contributed by atoms with Gasteiger partial charge in [-0.15, -0.1) is 11.3 Å². The van der Waals surface area contributed by atoms with Gasteiger partial charge in [-0.1, -0.05) is 0 Å². The van der Waals surface area contributed by atoms with Crippen LogP contribution in [0.15, 0.2) is 40.8 Å². The molecule has 0 saturated heterocycles. The van der Waals surface area contributed by atoms with Crippen LogP contribution < -0.4 is 15.8 Å². The third kappa shape index (κ3) is 4.16. The number of thiophene rings is 1. The van der Waals surface area contributed by atoms with Crippen molar-refractivity contribution < 1.29 is 18.0 Å². The summed E-state index contributed by atoms with van der Waals surface area (Å²) in [6.45, 7) is 0.0145. The number of fused-ring (bicyclic) bond motifs is 1. The van der Waals surface area contributed by atoms with E-state index in [0.717, 1.165) is 6.07 Å². The molecule has 0 fully saturated rings. The Kier molecular flexibility index (Phi) is 5.41. The predicted octanol–water partition coefficient (Wildman–Crippen LogP) is 3.57. The van der Waals surface area contributed by atoms with Gasteiger partial charge in [0.2, 0.25) is 5.91 Å². The van der Waals surface area contributed by atoms with Crippen LogP contribution in [0.3, 0.4) is 0 Å². The van der Waals surface area contributed by atoms with Crippen molar-refractivity contribution >= 4 is 38.8 Å². The summed E-state index contributed by atoms with van der Waals surface area (Å²) in [7, 11) is 3.26. The zero-order chi connectivity index (χ0) is 20.5. The number of aryl methyl sites for hydroxylation is 1. The number of carbonyl (C=O) groups is 1. The molecule has 6 nitrogen and oxygen atoms in total. The van der Waals surface area contributed by atoms with Gasteiger partial charge in [-0.3, -0.25) is 14.2 Å². The topological polar surface area (TPSA) is 67.2 Å². The van der Waals surface area contributed by atoms with E-state index in [2.05, 4.69) is 10.3 Å². The Morgan fingerprint density at radius 2 is 2.04 bits per heavy atom. The van der Waals surface area contributed by atoms with Crippen LogP contribution in [-0.4, -0.2) is 29.6 Å². The van der Waals surface area contributed by atoms with Crippen LogP contribution >= 0.6 is 11.3 Å². The van der Waals surface area contributed by atoms with Gasteiger partial charge in [-0.25, -0.2) is 4.98 Å². The summed E-state index contributed by atoms with van der Waals surface area (Å²) in [6.07, 6.45) is -3.44. The molecule has 0 saturated carbocycles. The first-order chi connectivity index (χ1) is 13.2. The number of carbonyl (C=O) groups excluding carboxylic acids is 1. The minimum atomic E-state index is -4.61. The number of nitrogens with zero attached hydrogens (tertiary/aromatic N) is 3. The van der Waals surface area contributed by atoms with Crippen molar-refractivity contribution in [2.75, 3.05) is 24.3 Å². The Hall–Kier alpha value is -2.88. The minimum absolute atomic E-state index is 0.0145. The average molecular weight is 410 g/mol. The Balaban J connectivity index is 1.75. The minimum Gasteiger partial charge on any atom is -0.378 e. The summed E-state index contributed by atoms with van der Waals surface area (Å²) >= 11 is 1.33. The van der Waals surface area contributed by atoms with E-state index < -0.39 is 17.6 Å². The molecule has 1 N–H and O–H groups in total. The Morgan fingerprint density at radius 3 is 2.71 bits per heavy atom. The third-order valence-corrected chi connectivity index (χ3v) is 4.95. The Labute approximate surface area is 162 Å². The lowest BCUT2D eigenvalue weighted by molar-refractivity contribution is -0.136. The number of hydrogen-bond donors (Lipinski definition) is 1. The average Bonchev–Trinajstić information content (AvgIpc) is 3.10. The lowest BCUT2D eigenvalue weighted by Crippen LogP contribution is -2.24. The van der Waals surface area contributed by atoms with Crippen LogP contribution in [0.5, 0.6) is 0 Å². The number of rotatable bonds is 5. The summed E-state index contributed by atoms with van der Waals surface area (Å²) in [5.41, 5.74) is -1.16. The van der Waals surface area contributed by atoms with Crippen LogP contribution in [0, 0.1) is 0 Å². The molecule has 0 spiro atoms. The molecule has 28 heavy (non-hydrogen) atoms. The lowest BCUT2D eigenvalue weighted by atomic mass is 10.1. The number of aromatic nitrogens is 2. The van der Waals surface area contributed by atoms with E-state index in [1.807, 2.05) is 0 Å². The number of benzene rings is 1. The van der Waals surface area contributed by atoms with E-state index in [4.69, 9.17) is 0 Å². The van der Waals surface area contributed by atoms with Crippen LogP contribution in [0.25, 0.3) is 10.2 Å². The van der Waals surface area contributed by atoms with Crippen molar-refractivity contribution in [3.05, 3.63) is 51.9 Å². The van der Waals surface area contributed by atoms with Crippen LogP contribution in [0.4, 0.5) is 24.5 Å². The second-order valence-electron chi connectivity index (χ2n) is 6.30. The van der Waals surface area contributed by atoms with Gasteiger partial charge in [0.05, 0.1) is 23.0 Å². The van der Waals surface area contributed by atoms with Gasteiger partial charge in [0.1, 0.15) is 4.83 Å².